The van der Waals surface area contributed by atoms with Gasteiger partial charge in [0, 0.05) is 45.8 Å². The number of benzene rings is 2. The number of pyridine rings is 2. The zero-order valence-corrected chi connectivity index (χ0v) is 19.1. The molecule has 0 aliphatic heterocycles. The van der Waals surface area contributed by atoms with E-state index in [0.717, 1.165) is 16.6 Å². The largest absolute Gasteiger partial charge is 0.321 e. The number of aromatic nitrogens is 4. The Bertz CT molecular complexity index is 1580. The molecule has 5 rings (SSSR count). The van der Waals surface area contributed by atoms with Gasteiger partial charge in [-0.05, 0) is 48.5 Å². The molecule has 35 heavy (non-hydrogen) atoms. The number of fused-ring (bicyclic) bond motifs is 1. The fraction of sp³-hybridized carbons (Fsp3) is 0. The maximum atomic E-state index is 13.3. The van der Waals surface area contributed by atoms with E-state index in [2.05, 4.69) is 20.4 Å². The van der Waals surface area contributed by atoms with Gasteiger partial charge in [-0.25, -0.2) is 4.68 Å². The smallest absolute Gasteiger partial charge is 0.274 e. The maximum absolute atomic E-state index is 13.3. The number of ketones is 1. The molecule has 0 saturated heterocycles. The number of hydrogen-bond donors (Lipinski definition) is 1. The molecule has 0 spiro atoms. The van der Waals surface area contributed by atoms with Crippen molar-refractivity contribution in [1.29, 1.82) is 0 Å². The lowest BCUT2D eigenvalue weighted by Gasteiger charge is -2.08. The number of halogens is 1. The number of carbonyl (C=O) groups is 2. The van der Waals surface area contributed by atoms with Crippen molar-refractivity contribution in [2.24, 2.45) is 0 Å². The Labute approximate surface area is 205 Å². The average Bonchev–Trinajstić information content (AvgIpc) is 3.30. The summed E-state index contributed by atoms with van der Waals surface area (Å²) in [4.78, 5) is 34.1. The minimum Gasteiger partial charge on any atom is -0.321 e. The summed E-state index contributed by atoms with van der Waals surface area (Å²) in [5, 5.41) is 8.47. The highest BCUT2D eigenvalue weighted by molar-refractivity contribution is 6.31. The molecule has 7 nitrogen and oxygen atoms in total. The van der Waals surface area contributed by atoms with E-state index < -0.39 is 5.91 Å². The highest BCUT2D eigenvalue weighted by Gasteiger charge is 2.14. The minimum atomic E-state index is -0.415. The highest BCUT2D eigenvalue weighted by Crippen LogP contribution is 2.21. The molecule has 0 aliphatic carbocycles. The van der Waals surface area contributed by atoms with Crippen molar-refractivity contribution in [3.63, 3.8) is 0 Å². The monoisotopic (exact) mass is 479 g/mol. The van der Waals surface area contributed by atoms with Gasteiger partial charge in [0.15, 0.2) is 5.78 Å². The van der Waals surface area contributed by atoms with Crippen LogP contribution in [0, 0.1) is 0 Å². The fourth-order valence-electron chi connectivity index (χ4n) is 3.55. The number of amides is 1. The van der Waals surface area contributed by atoms with Crippen LogP contribution in [-0.4, -0.2) is 31.4 Å². The standard InChI is InChI=1S/C27H18ClN5O2/c28-21-9-12-30-24(16-21)27(35)32-23-6-3-4-18(14-23)26(34)19-7-8-20-17-31-33(25(20)15-19)13-10-22-5-1-2-11-29-22/h1-17H,(H,32,35). The third-order valence-corrected chi connectivity index (χ3v) is 5.51. The van der Waals surface area contributed by atoms with Gasteiger partial charge < -0.3 is 5.32 Å². The van der Waals surface area contributed by atoms with Gasteiger partial charge in [0.05, 0.1) is 17.4 Å². The van der Waals surface area contributed by atoms with Gasteiger partial charge in [0.1, 0.15) is 5.69 Å². The van der Waals surface area contributed by atoms with Crippen molar-refractivity contribution in [3.8, 4) is 0 Å². The third kappa shape index (κ3) is 5.00. The second-order valence-electron chi connectivity index (χ2n) is 7.66. The molecule has 0 radical (unpaired) electrons. The van der Waals surface area contributed by atoms with E-state index in [1.165, 1.54) is 12.3 Å². The molecule has 3 aromatic heterocycles. The molecule has 0 bridgehead atoms. The van der Waals surface area contributed by atoms with Crippen LogP contribution in [0.1, 0.15) is 32.1 Å². The minimum absolute atomic E-state index is 0.176. The summed E-state index contributed by atoms with van der Waals surface area (Å²) in [5.41, 5.74) is 3.20. The number of anilines is 1. The predicted molar refractivity (Wildman–Crippen MR) is 136 cm³/mol. The van der Waals surface area contributed by atoms with Gasteiger partial charge in [-0.2, -0.15) is 5.10 Å². The number of hydrogen-bond acceptors (Lipinski definition) is 5. The van der Waals surface area contributed by atoms with Gasteiger partial charge in [-0.3, -0.25) is 19.6 Å². The highest BCUT2D eigenvalue weighted by atomic mass is 35.5. The van der Waals surface area contributed by atoms with Crippen LogP contribution in [0.3, 0.4) is 0 Å². The Balaban J connectivity index is 1.39. The zero-order chi connectivity index (χ0) is 24.2. The van der Waals surface area contributed by atoms with Crippen molar-refractivity contribution in [3.05, 3.63) is 119 Å². The first-order valence-electron chi connectivity index (χ1n) is 10.7. The third-order valence-electron chi connectivity index (χ3n) is 5.27. The predicted octanol–water partition coefficient (Wildman–Crippen LogP) is 5.59. The molecule has 0 unspecified atom stereocenters. The molecule has 0 saturated carbocycles. The Morgan fingerprint density at radius 3 is 2.60 bits per heavy atom. The van der Waals surface area contributed by atoms with Gasteiger partial charge in [0.2, 0.25) is 0 Å². The Hall–Kier alpha value is -4.62. The van der Waals surface area contributed by atoms with Gasteiger partial charge in [-0.15, -0.1) is 0 Å². The molecule has 170 valence electrons. The summed E-state index contributed by atoms with van der Waals surface area (Å²) < 4.78 is 1.70. The normalized spacial score (nSPS) is 11.1. The molecular weight excluding hydrogens is 462 g/mol. The van der Waals surface area contributed by atoms with Crippen LogP contribution in [0.2, 0.25) is 5.02 Å². The average molecular weight is 480 g/mol. The van der Waals surface area contributed by atoms with E-state index in [1.807, 2.05) is 30.3 Å². The van der Waals surface area contributed by atoms with E-state index >= 15 is 0 Å². The van der Waals surface area contributed by atoms with Gasteiger partial charge in [-0.1, -0.05) is 41.9 Å². The van der Waals surface area contributed by atoms with E-state index in [9.17, 15) is 9.59 Å². The molecule has 2 aromatic carbocycles. The van der Waals surface area contributed by atoms with Crippen LogP contribution >= 0.6 is 11.6 Å². The molecule has 0 atom stereocenters. The molecule has 5 aromatic rings. The SMILES string of the molecule is O=C(c1cccc(NC(=O)c2cc(Cl)ccn2)c1)c1ccc2cnn(C=Cc3ccccn3)c2c1. The summed E-state index contributed by atoms with van der Waals surface area (Å²) in [6, 6.07) is 20.9. The van der Waals surface area contributed by atoms with Crippen LogP contribution < -0.4 is 5.32 Å². The number of rotatable bonds is 6. The molecule has 1 amide bonds. The van der Waals surface area contributed by atoms with Crippen LogP contribution in [0.4, 0.5) is 5.69 Å². The van der Waals surface area contributed by atoms with Crippen LogP contribution in [0.5, 0.6) is 0 Å². The van der Waals surface area contributed by atoms with Crippen molar-refractivity contribution < 1.29 is 9.59 Å². The lowest BCUT2D eigenvalue weighted by atomic mass is 10.0. The lowest BCUT2D eigenvalue weighted by molar-refractivity contribution is 0.101. The van der Waals surface area contributed by atoms with E-state index in [-0.39, 0.29) is 11.5 Å². The first-order chi connectivity index (χ1) is 17.1. The van der Waals surface area contributed by atoms with Gasteiger partial charge >= 0.3 is 0 Å². The lowest BCUT2D eigenvalue weighted by Crippen LogP contribution is -2.14. The molecule has 0 fully saturated rings. The number of carbonyl (C=O) groups excluding carboxylic acids is 2. The molecule has 8 heteroatoms. The van der Waals surface area contributed by atoms with E-state index in [4.69, 9.17) is 11.6 Å². The molecule has 1 N–H and O–H groups in total. The van der Waals surface area contributed by atoms with E-state index in [0.29, 0.717) is 21.8 Å². The summed E-state index contributed by atoms with van der Waals surface area (Å²) in [7, 11) is 0. The van der Waals surface area contributed by atoms with Crippen LogP contribution in [0.25, 0.3) is 23.2 Å². The molecule has 3 heterocycles. The van der Waals surface area contributed by atoms with Crippen LogP contribution in [0.15, 0.2) is 91.4 Å². The van der Waals surface area contributed by atoms with Gasteiger partial charge in [0.25, 0.3) is 5.91 Å². The topological polar surface area (TPSA) is 89.8 Å². The summed E-state index contributed by atoms with van der Waals surface area (Å²) >= 11 is 5.94. The Morgan fingerprint density at radius 1 is 0.886 bits per heavy atom. The van der Waals surface area contributed by atoms with Crippen molar-refractivity contribution in [2.75, 3.05) is 5.32 Å². The maximum Gasteiger partial charge on any atom is 0.274 e. The summed E-state index contributed by atoms with van der Waals surface area (Å²) in [5.74, 6) is -0.590. The van der Waals surface area contributed by atoms with Crippen molar-refractivity contribution in [1.82, 2.24) is 19.7 Å². The van der Waals surface area contributed by atoms with Crippen molar-refractivity contribution in [2.45, 2.75) is 0 Å². The summed E-state index contributed by atoms with van der Waals surface area (Å²) in [6.07, 6.45) is 8.58. The molecule has 0 aliphatic rings. The first-order valence-corrected chi connectivity index (χ1v) is 11.1. The number of nitrogens with zero attached hydrogens (tertiary/aromatic N) is 4. The Kier molecular flexibility index (Phi) is 6.15. The quantitative estimate of drug-likeness (QED) is 0.320. The summed E-state index contributed by atoms with van der Waals surface area (Å²) in [6.45, 7) is 0. The Morgan fingerprint density at radius 2 is 1.77 bits per heavy atom. The second-order valence-corrected chi connectivity index (χ2v) is 8.09. The number of nitrogens with one attached hydrogen (secondary N) is 1. The van der Waals surface area contributed by atoms with Crippen molar-refractivity contribution >= 4 is 52.2 Å². The first kappa shape index (κ1) is 22.2. The zero-order valence-electron chi connectivity index (χ0n) is 18.3. The second kappa shape index (κ2) is 9.70. The molecular formula is C27H18ClN5O2. The van der Waals surface area contributed by atoms with E-state index in [1.54, 1.807) is 65.7 Å². The fourth-order valence-corrected chi connectivity index (χ4v) is 3.71. The van der Waals surface area contributed by atoms with Crippen LogP contribution in [-0.2, 0) is 0 Å².